The topological polar surface area (TPSA) is 67.2 Å². The number of benzene rings is 2. The van der Waals surface area contributed by atoms with Crippen LogP contribution in [-0.2, 0) is 6.54 Å². The lowest BCUT2D eigenvalue weighted by Gasteiger charge is -2.08. The van der Waals surface area contributed by atoms with Crippen LogP contribution in [0, 0.1) is 0 Å². The van der Waals surface area contributed by atoms with Crippen molar-refractivity contribution in [3.8, 4) is 0 Å². The molecule has 0 fully saturated rings. The number of urea groups is 1. The Morgan fingerprint density at radius 1 is 1.00 bits per heavy atom. The smallest absolute Gasteiger partial charge is 0.316 e. The van der Waals surface area contributed by atoms with E-state index in [9.17, 15) is 4.79 Å². The molecule has 2 aromatic carbocycles. The van der Waals surface area contributed by atoms with Crippen molar-refractivity contribution in [2.75, 3.05) is 10.6 Å². The average Bonchev–Trinajstić information content (AvgIpc) is 2.37. The summed E-state index contributed by atoms with van der Waals surface area (Å²) in [6.45, 7) is 0.737. The number of hydrogen-bond donors (Lipinski definition) is 3. The van der Waals surface area contributed by atoms with E-state index in [0.717, 1.165) is 12.2 Å². The van der Waals surface area contributed by atoms with E-state index in [1.807, 2.05) is 36.4 Å². The highest BCUT2D eigenvalue weighted by Crippen LogP contribution is 2.15. The summed E-state index contributed by atoms with van der Waals surface area (Å²) in [5, 5.41) is 5.82. The van der Waals surface area contributed by atoms with Gasteiger partial charge in [0.05, 0.1) is 0 Å². The minimum Gasteiger partial charge on any atom is -0.381 e. The molecule has 0 heterocycles. The minimum absolute atomic E-state index is 0.560. The summed E-state index contributed by atoms with van der Waals surface area (Å²) in [6.07, 6.45) is 0. The van der Waals surface area contributed by atoms with Gasteiger partial charge in [0.1, 0.15) is 0 Å². The third-order valence-electron chi connectivity index (χ3n) is 2.47. The van der Waals surface area contributed by atoms with E-state index in [4.69, 9.17) is 5.73 Å². The lowest BCUT2D eigenvalue weighted by atomic mass is 10.2. The number of rotatable bonds is 4. The van der Waals surface area contributed by atoms with Gasteiger partial charge < -0.3 is 16.4 Å². The highest BCUT2D eigenvalue weighted by atomic mass is 16.2. The molecule has 4 nitrogen and oxygen atoms in total. The molecule has 0 saturated heterocycles. The maximum absolute atomic E-state index is 10.8. The molecule has 92 valence electrons. The molecule has 2 aromatic rings. The third-order valence-corrected chi connectivity index (χ3v) is 2.47. The normalized spacial score (nSPS) is 9.78. The second-order valence-electron chi connectivity index (χ2n) is 3.91. The molecule has 2 amide bonds. The number of amides is 2. The molecule has 0 spiro atoms. The Kier molecular flexibility index (Phi) is 3.81. The Hall–Kier alpha value is -2.49. The van der Waals surface area contributed by atoms with Gasteiger partial charge in [0.2, 0.25) is 0 Å². The first-order chi connectivity index (χ1) is 8.74. The first-order valence-corrected chi connectivity index (χ1v) is 5.68. The lowest BCUT2D eigenvalue weighted by Crippen LogP contribution is -2.19. The molecule has 0 unspecified atom stereocenters. The van der Waals surface area contributed by atoms with Crippen LogP contribution in [0.1, 0.15) is 5.56 Å². The fourth-order valence-electron chi connectivity index (χ4n) is 1.65. The van der Waals surface area contributed by atoms with E-state index in [1.54, 1.807) is 6.07 Å². The van der Waals surface area contributed by atoms with Crippen molar-refractivity contribution < 1.29 is 4.79 Å². The molecule has 0 aliphatic rings. The van der Waals surface area contributed by atoms with Crippen LogP contribution in [0.2, 0.25) is 0 Å². The summed E-state index contributed by atoms with van der Waals surface area (Å²) < 4.78 is 0. The SMILES string of the molecule is NC(=O)Nc1cccc(NCc2ccccc2)c1. The third kappa shape index (κ3) is 3.52. The molecule has 0 aliphatic carbocycles. The Labute approximate surface area is 106 Å². The maximum Gasteiger partial charge on any atom is 0.316 e. The van der Waals surface area contributed by atoms with E-state index in [-0.39, 0.29) is 0 Å². The largest absolute Gasteiger partial charge is 0.381 e. The predicted molar refractivity (Wildman–Crippen MR) is 73.4 cm³/mol. The van der Waals surface area contributed by atoms with Crippen molar-refractivity contribution in [3.63, 3.8) is 0 Å². The number of nitrogens with two attached hydrogens (primary N) is 1. The Bertz CT molecular complexity index is 526. The van der Waals surface area contributed by atoms with Gasteiger partial charge in [0, 0.05) is 17.9 Å². The Morgan fingerprint density at radius 3 is 2.44 bits per heavy atom. The summed E-state index contributed by atoms with van der Waals surface area (Å²) in [4.78, 5) is 10.8. The highest BCUT2D eigenvalue weighted by Gasteiger charge is 1.98. The van der Waals surface area contributed by atoms with Gasteiger partial charge in [-0.1, -0.05) is 36.4 Å². The monoisotopic (exact) mass is 241 g/mol. The van der Waals surface area contributed by atoms with Crippen molar-refractivity contribution in [2.24, 2.45) is 5.73 Å². The molecule has 4 heteroatoms. The van der Waals surface area contributed by atoms with Gasteiger partial charge in [0.25, 0.3) is 0 Å². The number of nitrogens with one attached hydrogen (secondary N) is 2. The fraction of sp³-hybridized carbons (Fsp3) is 0.0714. The Balaban J connectivity index is 1.99. The molecule has 0 aliphatic heterocycles. The quantitative estimate of drug-likeness (QED) is 0.770. The molecule has 0 saturated carbocycles. The molecular formula is C14H15N3O. The van der Waals surface area contributed by atoms with Crippen LogP contribution in [0.3, 0.4) is 0 Å². The summed E-state index contributed by atoms with van der Waals surface area (Å²) in [7, 11) is 0. The zero-order valence-electron chi connectivity index (χ0n) is 9.89. The van der Waals surface area contributed by atoms with Gasteiger partial charge in [-0.25, -0.2) is 4.79 Å². The van der Waals surface area contributed by atoms with Crippen molar-refractivity contribution in [1.82, 2.24) is 0 Å². The molecule has 0 aromatic heterocycles. The van der Waals surface area contributed by atoms with Gasteiger partial charge in [-0.2, -0.15) is 0 Å². The molecule has 0 atom stereocenters. The molecular weight excluding hydrogens is 226 g/mol. The minimum atomic E-state index is -0.560. The first kappa shape index (κ1) is 12.0. The van der Waals surface area contributed by atoms with Gasteiger partial charge in [-0.15, -0.1) is 0 Å². The van der Waals surface area contributed by atoms with Crippen LogP contribution in [-0.4, -0.2) is 6.03 Å². The number of carbonyl (C=O) groups excluding carboxylic acids is 1. The summed E-state index contributed by atoms with van der Waals surface area (Å²) in [5.41, 5.74) is 7.89. The summed E-state index contributed by atoms with van der Waals surface area (Å²) in [5.74, 6) is 0. The van der Waals surface area contributed by atoms with Crippen LogP contribution in [0.4, 0.5) is 16.2 Å². The van der Waals surface area contributed by atoms with Crippen LogP contribution in [0.5, 0.6) is 0 Å². The molecule has 4 N–H and O–H groups in total. The molecule has 0 radical (unpaired) electrons. The van der Waals surface area contributed by atoms with E-state index in [0.29, 0.717) is 5.69 Å². The Morgan fingerprint density at radius 2 is 1.72 bits per heavy atom. The second-order valence-corrected chi connectivity index (χ2v) is 3.91. The standard InChI is InChI=1S/C14H15N3O/c15-14(18)17-13-8-4-7-12(9-13)16-10-11-5-2-1-3-6-11/h1-9,16H,10H2,(H3,15,17,18). The van der Waals surface area contributed by atoms with Gasteiger partial charge >= 0.3 is 6.03 Å². The number of hydrogen-bond acceptors (Lipinski definition) is 2. The highest BCUT2D eigenvalue weighted by molar-refractivity contribution is 5.88. The van der Waals surface area contributed by atoms with E-state index < -0.39 is 6.03 Å². The van der Waals surface area contributed by atoms with Crippen LogP contribution < -0.4 is 16.4 Å². The van der Waals surface area contributed by atoms with Gasteiger partial charge in [0.15, 0.2) is 0 Å². The second kappa shape index (κ2) is 5.72. The summed E-state index contributed by atoms with van der Waals surface area (Å²) in [6, 6.07) is 17.0. The maximum atomic E-state index is 10.8. The van der Waals surface area contributed by atoms with Crippen LogP contribution >= 0.6 is 0 Å². The van der Waals surface area contributed by atoms with Crippen molar-refractivity contribution >= 4 is 17.4 Å². The van der Waals surface area contributed by atoms with Crippen molar-refractivity contribution in [2.45, 2.75) is 6.54 Å². The van der Waals surface area contributed by atoms with E-state index >= 15 is 0 Å². The average molecular weight is 241 g/mol. The fourth-order valence-corrected chi connectivity index (χ4v) is 1.65. The zero-order chi connectivity index (χ0) is 12.8. The zero-order valence-corrected chi connectivity index (χ0v) is 9.89. The number of carbonyl (C=O) groups is 1. The van der Waals surface area contributed by atoms with Crippen molar-refractivity contribution in [1.29, 1.82) is 0 Å². The molecule has 0 bridgehead atoms. The number of anilines is 2. The molecule has 2 rings (SSSR count). The van der Waals surface area contributed by atoms with Gasteiger partial charge in [-0.3, -0.25) is 0 Å². The first-order valence-electron chi connectivity index (χ1n) is 5.68. The lowest BCUT2D eigenvalue weighted by molar-refractivity contribution is 0.259. The number of primary amides is 1. The predicted octanol–water partition coefficient (Wildman–Crippen LogP) is 2.79. The van der Waals surface area contributed by atoms with Crippen molar-refractivity contribution in [3.05, 3.63) is 60.2 Å². The van der Waals surface area contributed by atoms with Gasteiger partial charge in [-0.05, 0) is 23.8 Å². The van der Waals surface area contributed by atoms with E-state index in [1.165, 1.54) is 5.56 Å². The van der Waals surface area contributed by atoms with E-state index in [2.05, 4.69) is 22.8 Å². The van der Waals surface area contributed by atoms with Crippen LogP contribution in [0.15, 0.2) is 54.6 Å². The van der Waals surface area contributed by atoms with Crippen LogP contribution in [0.25, 0.3) is 0 Å². The summed E-state index contributed by atoms with van der Waals surface area (Å²) >= 11 is 0. The molecule has 18 heavy (non-hydrogen) atoms.